The zero-order chi connectivity index (χ0) is 12.6. The minimum absolute atomic E-state index is 1.04. The second-order valence-corrected chi connectivity index (χ2v) is 4.58. The van der Waals surface area contributed by atoms with Gasteiger partial charge in [0.15, 0.2) is 0 Å². The normalized spacial score (nSPS) is 10.7. The van der Waals surface area contributed by atoms with Gasteiger partial charge < -0.3 is 9.88 Å². The molecule has 0 atom stereocenters. The van der Waals surface area contributed by atoms with Gasteiger partial charge in [0.1, 0.15) is 0 Å². The van der Waals surface area contributed by atoms with Crippen molar-refractivity contribution in [1.82, 2.24) is 14.9 Å². The third-order valence-corrected chi connectivity index (χ3v) is 3.16. The molecule has 1 N–H and O–H groups in total. The first-order chi connectivity index (χ1) is 8.86. The molecule has 1 aromatic heterocycles. The van der Waals surface area contributed by atoms with Gasteiger partial charge in [-0.25, -0.2) is 4.98 Å². The van der Waals surface area contributed by atoms with Gasteiger partial charge in [0.05, 0.1) is 6.33 Å². The van der Waals surface area contributed by atoms with Gasteiger partial charge in [-0.3, -0.25) is 0 Å². The second-order valence-electron chi connectivity index (χ2n) is 4.58. The molecule has 1 heterocycles. The van der Waals surface area contributed by atoms with E-state index in [2.05, 4.69) is 46.1 Å². The summed E-state index contributed by atoms with van der Waals surface area (Å²) < 4.78 is 2.11. The first-order valence-corrected chi connectivity index (χ1v) is 6.57. The van der Waals surface area contributed by atoms with Crippen LogP contribution in [0, 0.1) is 6.92 Å². The number of aryl methyl sites for hydroxylation is 2. The first kappa shape index (κ1) is 12.8. The van der Waals surface area contributed by atoms with Gasteiger partial charge in [0.25, 0.3) is 0 Å². The van der Waals surface area contributed by atoms with Crippen molar-refractivity contribution in [2.45, 2.75) is 26.3 Å². The van der Waals surface area contributed by atoms with E-state index in [1.165, 1.54) is 11.1 Å². The highest BCUT2D eigenvalue weighted by Crippen LogP contribution is 2.06. The van der Waals surface area contributed by atoms with Gasteiger partial charge in [-0.15, -0.1) is 0 Å². The molecule has 96 valence electrons. The largest absolute Gasteiger partial charge is 0.337 e. The van der Waals surface area contributed by atoms with Crippen molar-refractivity contribution in [2.75, 3.05) is 13.1 Å². The van der Waals surface area contributed by atoms with Crippen LogP contribution in [0.1, 0.15) is 17.5 Å². The van der Waals surface area contributed by atoms with E-state index in [4.69, 9.17) is 0 Å². The lowest BCUT2D eigenvalue weighted by molar-refractivity contribution is 0.581. The molecule has 0 fully saturated rings. The predicted octanol–water partition coefficient (Wildman–Crippen LogP) is 2.41. The summed E-state index contributed by atoms with van der Waals surface area (Å²) in [4.78, 5) is 4.03. The quantitative estimate of drug-likeness (QED) is 0.757. The molecular formula is C15H21N3. The summed E-state index contributed by atoms with van der Waals surface area (Å²) in [5.41, 5.74) is 2.83. The number of imidazole rings is 1. The van der Waals surface area contributed by atoms with Crippen molar-refractivity contribution in [3.8, 4) is 0 Å². The minimum atomic E-state index is 1.04. The molecule has 0 saturated carbocycles. The molecule has 0 aliphatic heterocycles. The van der Waals surface area contributed by atoms with Crippen molar-refractivity contribution in [1.29, 1.82) is 0 Å². The lowest BCUT2D eigenvalue weighted by atomic mass is 10.1. The first-order valence-electron chi connectivity index (χ1n) is 6.57. The molecule has 0 aliphatic rings. The highest BCUT2D eigenvalue weighted by atomic mass is 15.0. The Hall–Kier alpha value is -1.61. The zero-order valence-electron chi connectivity index (χ0n) is 11.0. The monoisotopic (exact) mass is 243 g/mol. The Balaban J connectivity index is 1.58. The summed E-state index contributed by atoms with van der Waals surface area (Å²) in [6, 6.07) is 8.59. The Kier molecular flexibility index (Phi) is 4.97. The number of rotatable bonds is 7. The van der Waals surface area contributed by atoms with Gasteiger partial charge in [0.2, 0.25) is 0 Å². The van der Waals surface area contributed by atoms with Crippen LogP contribution in [0.3, 0.4) is 0 Å². The highest BCUT2D eigenvalue weighted by molar-refractivity contribution is 5.25. The third kappa shape index (κ3) is 4.00. The van der Waals surface area contributed by atoms with Crippen LogP contribution in [0.15, 0.2) is 43.0 Å². The Labute approximate surface area is 109 Å². The number of nitrogens with one attached hydrogen (secondary N) is 1. The van der Waals surface area contributed by atoms with Crippen LogP contribution in [-0.4, -0.2) is 22.6 Å². The van der Waals surface area contributed by atoms with Crippen molar-refractivity contribution >= 4 is 0 Å². The van der Waals surface area contributed by atoms with Crippen LogP contribution >= 0.6 is 0 Å². The lowest BCUT2D eigenvalue weighted by Gasteiger charge is -2.07. The van der Waals surface area contributed by atoms with Crippen LogP contribution < -0.4 is 5.32 Å². The SMILES string of the molecule is Cc1ccccc1CCNCCCn1ccnc1. The topological polar surface area (TPSA) is 29.9 Å². The van der Waals surface area contributed by atoms with E-state index in [-0.39, 0.29) is 0 Å². The summed E-state index contributed by atoms with van der Waals surface area (Å²) in [5, 5.41) is 3.49. The lowest BCUT2D eigenvalue weighted by Crippen LogP contribution is -2.20. The van der Waals surface area contributed by atoms with Crippen molar-refractivity contribution in [3.05, 3.63) is 54.1 Å². The zero-order valence-corrected chi connectivity index (χ0v) is 11.0. The molecule has 2 rings (SSSR count). The van der Waals surface area contributed by atoms with Crippen LogP contribution in [-0.2, 0) is 13.0 Å². The minimum Gasteiger partial charge on any atom is -0.337 e. The molecule has 3 heteroatoms. The van der Waals surface area contributed by atoms with E-state index in [9.17, 15) is 0 Å². The Morgan fingerprint density at radius 3 is 2.89 bits per heavy atom. The van der Waals surface area contributed by atoms with Gasteiger partial charge in [-0.2, -0.15) is 0 Å². The predicted molar refractivity (Wildman–Crippen MR) is 74.6 cm³/mol. The Bertz CT molecular complexity index is 449. The van der Waals surface area contributed by atoms with Gasteiger partial charge >= 0.3 is 0 Å². The van der Waals surface area contributed by atoms with E-state index in [0.29, 0.717) is 0 Å². The number of nitrogens with zero attached hydrogens (tertiary/aromatic N) is 2. The molecule has 0 aliphatic carbocycles. The summed E-state index contributed by atoms with van der Waals surface area (Å²) in [7, 11) is 0. The maximum absolute atomic E-state index is 4.03. The van der Waals surface area contributed by atoms with E-state index < -0.39 is 0 Å². The maximum Gasteiger partial charge on any atom is 0.0945 e. The molecule has 0 saturated heterocycles. The van der Waals surface area contributed by atoms with Crippen molar-refractivity contribution in [2.24, 2.45) is 0 Å². The van der Waals surface area contributed by atoms with Crippen LogP contribution in [0.4, 0.5) is 0 Å². The molecule has 2 aromatic rings. The molecule has 18 heavy (non-hydrogen) atoms. The average molecular weight is 243 g/mol. The molecule has 0 bridgehead atoms. The van der Waals surface area contributed by atoms with E-state index >= 15 is 0 Å². The molecule has 0 radical (unpaired) electrons. The van der Waals surface area contributed by atoms with Crippen molar-refractivity contribution in [3.63, 3.8) is 0 Å². The fraction of sp³-hybridized carbons (Fsp3) is 0.400. The fourth-order valence-corrected chi connectivity index (χ4v) is 2.04. The molecular weight excluding hydrogens is 222 g/mol. The van der Waals surface area contributed by atoms with E-state index in [1.54, 1.807) is 0 Å². The second kappa shape index (κ2) is 6.97. The Morgan fingerprint density at radius 1 is 1.22 bits per heavy atom. The van der Waals surface area contributed by atoms with Crippen LogP contribution in [0.25, 0.3) is 0 Å². The standard InChI is InChI=1S/C15H21N3/c1-14-5-2-3-6-15(14)7-9-16-8-4-11-18-12-10-17-13-18/h2-3,5-6,10,12-13,16H,4,7-9,11H2,1H3. The average Bonchev–Trinajstić information content (AvgIpc) is 2.89. The third-order valence-electron chi connectivity index (χ3n) is 3.16. The summed E-state index contributed by atoms with van der Waals surface area (Å²) >= 11 is 0. The number of aromatic nitrogens is 2. The van der Waals surface area contributed by atoms with Crippen LogP contribution in [0.2, 0.25) is 0 Å². The molecule has 3 nitrogen and oxygen atoms in total. The number of hydrogen-bond acceptors (Lipinski definition) is 2. The van der Waals surface area contributed by atoms with E-state index in [0.717, 1.165) is 32.5 Å². The van der Waals surface area contributed by atoms with Gasteiger partial charge in [0, 0.05) is 18.9 Å². The summed E-state index contributed by atoms with van der Waals surface area (Å²) in [6.45, 7) is 5.32. The molecule has 0 amide bonds. The van der Waals surface area contributed by atoms with Gasteiger partial charge in [-0.05, 0) is 44.0 Å². The highest BCUT2D eigenvalue weighted by Gasteiger charge is 1.96. The molecule has 0 spiro atoms. The number of hydrogen-bond donors (Lipinski definition) is 1. The van der Waals surface area contributed by atoms with Crippen molar-refractivity contribution < 1.29 is 0 Å². The summed E-state index contributed by atoms with van der Waals surface area (Å²) in [6.07, 6.45) is 7.95. The molecule has 0 unspecified atom stereocenters. The maximum atomic E-state index is 4.03. The summed E-state index contributed by atoms with van der Waals surface area (Å²) in [5.74, 6) is 0. The van der Waals surface area contributed by atoms with Gasteiger partial charge in [-0.1, -0.05) is 24.3 Å². The molecule has 1 aromatic carbocycles. The van der Waals surface area contributed by atoms with Crippen LogP contribution in [0.5, 0.6) is 0 Å². The smallest absolute Gasteiger partial charge is 0.0945 e. The fourth-order valence-electron chi connectivity index (χ4n) is 2.04. The Morgan fingerprint density at radius 2 is 2.11 bits per heavy atom. The number of benzene rings is 1. The van der Waals surface area contributed by atoms with E-state index in [1.807, 2.05) is 18.7 Å².